The van der Waals surface area contributed by atoms with Gasteiger partial charge in [-0.25, -0.2) is 0 Å². The molecule has 1 aromatic carbocycles. The van der Waals surface area contributed by atoms with Gasteiger partial charge in [0.15, 0.2) is 4.77 Å². The zero-order valence-electron chi connectivity index (χ0n) is 12.5. The Kier molecular flexibility index (Phi) is 4.11. The Morgan fingerprint density at radius 2 is 2.18 bits per heavy atom. The van der Waals surface area contributed by atoms with Crippen molar-refractivity contribution in [3.05, 3.63) is 39.4 Å². The van der Waals surface area contributed by atoms with Crippen molar-refractivity contribution >= 4 is 29.0 Å². The Balaban J connectivity index is 1.74. The van der Waals surface area contributed by atoms with E-state index in [-0.39, 0.29) is 23.9 Å². The number of benzene rings is 1. The summed E-state index contributed by atoms with van der Waals surface area (Å²) in [6.07, 6.45) is 2.64. The van der Waals surface area contributed by atoms with Crippen molar-refractivity contribution in [2.75, 3.05) is 0 Å². The molecule has 1 aliphatic rings. The van der Waals surface area contributed by atoms with Crippen molar-refractivity contribution in [1.82, 2.24) is 14.9 Å². The summed E-state index contributed by atoms with van der Waals surface area (Å²) in [5.41, 5.74) is 0.572. The molecule has 6 heteroatoms. The summed E-state index contributed by atoms with van der Waals surface area (Å²) in [6, 6.07) is 7.46. The van der Waals surface area contributed by atoms with Crippen molar-refractivity contribution in [2.24, 2.45) is 5.92 Å². The van der Waals surface area contributed by atoms with Gasteiger partial charge in [-0.1, -0.05) is 12.1 Å². The maximum Gasteiger partial charge on any atom is 0.262 e. The standard InChI is InChI=1S/C16H19N3O2S/c1-10(11-6-7-11)17-14(20)8-9-19-15(21)12-4-2-3-5-13(12)18-16(19)22/h2-5,10-11H,6-9H2,1H3,(H,17,20)(H,18,22)/t10-/m0/s1. The molecule has 2 aromatic rings. The maximum absolute atomic E-state index is 12.4. The third-order valence-electron chi connectivity index (χ3n) is 4.17. The summed E-state index contributed by atoms with van der Waals surface area (Å²) in [5, 5.41) is 3.58. The maximum atomic E-state index is 12.4. The van der Waals surface area contributed by atoms with Crippen LogP contribution in [0, 0.1) is 10.7 Å². The van der Waals surface area contributed by atoms with Crippen molar-refractivity contribution in [3.8, 4) is 0 Å². The predicted molar refractivity (Wildman–Crippen MR) is 88.3 cm³/mol. The molecule has 0 unspecified atom stereocenters. The first-order valence-electron chi connectivity index (χ1n) is 7.57. The molecule has 1 amide bonds. The van der Waals surface area contributed by atoms with Gasteiger partial charge in [0, 0.05) is 19.0 Å². The Hall–Kier alpha value is -1.95. The smallest absolute Gasteiger partial charge is 0.262 e. The van der Waals surface area contributed by atoms with Crippen LogP contribution in [-0.4, -0.2) is 21.5 Å². The summed E-state index contributed by atoms with van der Waals surface area (Å²) in [7, 11) is 0. The number of hydrogen-bond donors (Lipinski definition) is 2. The molecule has 0 spiro atoms. The Morgan fingerprint density at radius 3 is 2.91 bits per heavy atom. The van der Waals surface area contributed by atoms with Gasteiger partial charge >= 0.3 is 0 Å². The van der Waals surface area contributed by atoms with Gasteiger partial charge in [0.05, 0.1) is 10.9 Å². The van der Waals surface area contributed by atoms with Crippen LogP contribution in [0.25, 0.3) is 10.9 Å². The van der Waals surface area contributed by atoms with E-state index < -0.39 is 0 Å². The zero-order chi connectivity index (χ0) is 15.7. The number of fused-ring (bicyclic) bond motifs is 1. The lowest BCUT2D eigenvalue weighted by Gasteiger charge is -2.13. The van der Waals surface area contributed by atoms with E-state index in [4.69, 9.17) is 12.2 Å². The minimum absolute atomic E-state index is 0.0335. The van der Waals surface area contributed by atoms with Gasteiger partial charge in [0.25, 0.3) is 5.56 Å². The molecule has 0 saturated heterocycles. The number of rotatable bonds is 5. The summed E-state index contributed by atoms with van der Waals surface area (Å²) in [5.74, 6) is 0.587. The molecule has 5 nitrogen and oxygen atoms in total. The first-order valence-corrected chi connectivity index (χ1v) is 7.98. The molecule has 1 heterocycles. The molecule has 3 rings (SSSR count). The third kappa shape index (κ3) is 3.11. The average molecular weight is 317 g/mol. The second kappa shape index (κ2) is 6.04. The van der Waals surface area contributed by atoms with E-state index in [1.54, 1.807) is 6.07 Å². The summed E-state index contributed by atoms with van der Waals surface area (Å²) < 4.78 is 1.81. The van der Waals surface area contributed by atoms with Gasteiger partial charge < -0.3 is 10.3 Å². The molecule has 0 aliphatic heterocycles. The number of aromatic nitrogens is 2. The monoisotopic (exact) mass is 317 g/mol. The minimum Gasteiger partial charge on any atom is -0.353 e. The fourth-order valence-corrected chi connectivity index (χ4v) is 2.94. The first-order chi connectivity index (χ1) is 10.6. The molecule has 0 radical (unpaired) electrons. The number of carbonyl (C=O) groups is 1. The van der Waals surface area contributed by atoms with E-state index in [1.807, 2.05) is 25.1 Å². The van der Waals surface area contributed by atoms with Crippen LogP contribution >= 0.6 is 12.2 Å². The fourth-order valence-electron chi connectivity index (χ4n) is 2.66. The van der Waals surface area contributed by atoms with Crippen LogP contribution in [0.15, 0.2) is 29.1 Å². The van der Waals surface area contributed by atoms with Crippen LogP contribution in [0.5, 0.6) is 0 Å². The van der Waals surface area contributed by atoms with Crippen molar-refractivity contribution < 1.29 is 4.79 Å². The second-order valence-corrected chi connectivity index (χ2v) is 6.26. The lowest BCUT2D eigenvalue weighted by atomic mass is 10.2. The molecule has 1 fully saturated rings. The summed E-state index contributed by atoms with van der Waals surface area (Å²) in [4.78, 5) is 27.5. The molecule has 22 heavy (non-hydrogen) atoms. The van der Waals surface area contributed by atoms with Crippen LogP contribution in [0.1, 0.15) is 26.2 Å². The number of hydrogen-bond acceptors (Lipinski definition) is 3. The van der Waals surface area contributed by atoms with Crippen LogP contribution in [-0.2, 0) is 11.3 Å². The summed E-state index contributed by atoms with van der Waals surface area (Å²) >= 11 is 5.23. The minimum atomic E-state index is -0.151. The van der Waals surface area contributed by atoms with Gasteiger partial charge in [-0.15, -0.1) is 0 Å². The predicted octanol–water partition coefficient (Wildman–Crippen LogP) is 2.36. The number of H-pyrrole nitrogens is 1. The molecule has 0 bridgehead atoms. The van der Waals surface area contributed by atoms with Gasteiger partial charge in [-0.2, -0.15) is 0 Å². The van der Waals surface area contributed by atoms with Crippen molar-refractivity contribution in [3.63, 3.8) is 0 Å². The highest BCUT2D eigenvalue weighted by Crippen LogP contribution is 2.32. The molecule has 1 atom stereocenters. The van der Waals surface area contributed by atoms with Gasteiger partial charge in [-0.3, -0.25) is 14.2 Å². The van der Waals surface area contributed by atoms with Crippen LogP contribution in [0.2, 0.25) is 0 Å². The lowest BCUT2D eigenvalue weighted by Crippen LogP contribution is -2.35. The quantitative estimate of drug-likeness (QED) is 0.832. The highest BCUT2D eigenvalue weighted by Gasteiger charge is 2.28. The van der Waals surface area contributed by atoms with Gasteiger partial charge in [0.1, 0.15) is 0 Å². The van der Waals surface area contributed by atoms with E-state index in [0.29, 0.717) is 22.6 Å². The average Bonchev–Trinajstić information content (AvgIpc) is 3.31. The topological polar surface area (TPSA) is 66.9 Å². The number of aromatic amines is 1. The van der Waals surface area contributed by atoms with E-state index in [9.17, 15) is 9.59 Å². The third-order valence-corrected chi connectivity index (χ3v) is 4.49. The van der Waals surface area contributed by atoms with Crippen LogP contribution in [0.3, 0.4) is 0 Å². The summed E-state index contributed by atoms with van der Waals surface area (Å²) in [6.45, 7) is 2.33. The Bertz CT molecular complexity index is 820. The fraction of sp³-hybridized carbons (Fsp3) is 0.438. The Morgan fingerprint density at radius 1 is 1.45 bits per heavy atom. The number of nitrogens with zero attached hydrogens (tertiary/aromatic N) is 1. The largest absolute Gasteiger partial charge is 0.353 e. The number of amides is 1. The van der Waals surface area contributed by atoms with E-state index in [0.717, 1.165) is 5.52 Å². The molecule has 2 N–H and O–H groups in total. The molecule has 1 aromatic heterocycles. The number of para-hydroxylation sites is 1. The highest BCUT2D eigenvalue weighted by molar-refractivity contribution is 7.71. The molecule has 116 valence electrons. The number of carbonyl (C=O) groups excluding carboxylic acids is 1. The molecule has 1 saturated carbocycles. The van der Waals surface area contributed by atoms with Crippen LogP contribution < -0.4 is 10.9 Å². The van der Waals surface area contributed by atoms with Gasteiger partial charge in [0.2, 0.25) is 5.91 Å². The van der Waals surface area contributed by atoms with Gasteiger partial charge in [-0.05, 0) is 50.0 Å². The molecular formula is C16H19N3O2S. The van der Waals surface area contributed by atoms with Crippen molar-refractivity contribution in [1.29, 1.82) is 0 Å². The second-order valence-electron chi connectivity index (χ2n) is 5.88. The number of nitrogens with one attached hydrogen (secondary N) is 2. The SMILES string of the molecule is C[C@H](NC(=O)CCn1c(=S)[nH]c2ccccc2c1=O)C1CC1. The van der Waals surface area contributed by atoms with Crippen molar-refractivity contribution in [2.45, 2.75) is 38.8 Å². The van der Waals surface area contributed by atoms with Crippen LogP contribution in [0.4, 0.5) is 0 Å². The first kappa shape index (κ1) is 15.0. The van der Waals surface area contributed by atoms with E-state index >= 15 is 0 Å². The molecular weight excluding hydrogens is 298 g/mol. The van der Waals surface area contributed by atoms with E-state index in [2.05, 4.69) is 10.3 Å². The highest BCUT2D eigenvalue weighted by atomic mass is 32.1. The zero-order valence-corrected chi connectivity index (χ0v) is 13.3. The lowest BCUT2D eigenvalue weighted by molar-refractivity contribution is -0.122. The normalized spacial score (nSPS) is 15.7. The Labute approximate surface area is 133 Å². The molecule has 1 aliphatic carbocycles. The van der Waals surface area contributed by atoms with E-state index in [1.165, 1.54) is 17.4 Å².